The first kappa shape index (κ1) is 24.3. The Labute approximate surface area is 190 Å². The zero-order valence-corrected chi connectivity index (χ0v) is 18.7. The highest BCUT2D eigenvalue weighted by molar-refractivity contribution is 5.90. The van der Waals surface area contributed by atoms with Crippen molar-refractivity contribution in [1.82, 2.24) is 10.8 Å². The number of hydrogen-bond donors (Lipinski definition) is 4. The maximum Gasteiger partial charge on any atom is 0.324 e. The van der Waals surface area contributed by atoms with Gasteiger partial charge < -0.3 is 15.2 Å². The minimum Gasteiger partial charge on any atom is -0.494 e. The van der Waals surface area contributed by atoms with Gasteiger partial charge in [0.2, 0.25) is 0 Å². The number of benzene rings is 1. The molecule has 2 saturated carbocycles. The molecule has 1 aromatic carbocycles. The third-order valence-corrected chi connectivity index (χ3v) is 7.03. The molecule has 0 radical (unpaired) electrons. The Kier molecular flexibility index (Phi) is 9.11. The highest BCUT2D eigenvalue weighted by Gasteiger charge is 2.51. The highest BCUT2D eigenvalue weighted by Crippen LogP contribution is 2.44. The molecule has 1 aromatic rings. The third kappa shape index (κ3) is 6.11. The number of nitrogens with one attached hydrogen (secondary N) is 2. The van der Waals surface area contributed by atoms with Crippen molar-refractivity contribution < 1.29 is 24.6 Å². The molecule has 2 aliphatic carbocycles. The first-order valence-electron chi connectivity index (χ1n) is 11.9. The van der Waals surface area contributed by atoms with Crippen molar-refractivity contribution in [1.29, 1.82) is 0 Å². The average Bonchev–Trinajstić information content (AvgIpc) is 3.36. The van der Waals surface area contributed by atoms with Crippen LogP contribution in [0, 0.1) is 11.8 Å². The van der Waals surface area contributed by atoms with Crippen LogP contribution in [0.15, 0.2) is 30.3 Å². The molecule has 1 atom stereocenters. The lowest BCUT2D eigenvalue weighted by atomic mass is 9.67. The molecule has 0 aromatic heterocycles. The van der Waals surface area contributed by atoms with Gasteiger partial charge in [-0.15, -0.1) is 0 Å². The molecule has 0 unspecified atom stereocenters. The van der Waals surface area contributed by atoms with Gasteiger partial charge in [-0.1, -0.05) is 44.2 Å². The van der Waals surface area contributed by atoms with Gasteiger partial charge >= 0.3 is 5.97 Å². The summed E-state index contributed by atoms with van der Waals surface area (Å²) in [6.07, 6.45) is 13.3. The summed E-state index contributed by atoms with van der Waals surface area (Å²) in [5, 5.41) is 22.4. The minimum atomic E-state index is -0.800. The van der Waals surface area contributed by atoms with Crippen LogP contribution in [0.25, 0.3) is 6.08 Å². The van der Waals surface area contributed by atoms with Crippen LogP contribution in [0.5, 0.6) is 5.75 Å². The number of hydrogen-bond acceptors (Lipinski definition) is 5. The van der Waals surface area contributed by atoms with Crippen LogP contribution < -0.4 is 15.5 Å². The van der Waals surface area contributed by atoms with E-state index in [0.717, 1.165) is 69.1 Å². The molecule has 7 heteroatoms. The number of rotatable bonds is 11. The van der Waals surface area contributed by atoms with Gasteiger partial charge in [0, 0.05) is 6.08 Å². The second kappa shape index (κ2) is 12.0. The smallest absolute Gasteiger partial charge is 0.324 e. The van der Waals surface area contributed by atoms with Gasteiger partial charge in [0.15, 0.2) is 0 Å². The molecular weight excluding hydrogens is 408 g/mol. The lowest BCUT2D eigenvalue weighted by molar-refractivity contribution is -0.152. The van der Waals surface area contributed by atoms with E-state index in [1.54, 1.807) is 11.6 Å². The van der Waals surface area contributed by atoms with Crippen LogP contribution in [0.2, 0.25) is 0 Å². The molecule has 32 heavy (non-hydrogen) atoms. The molecule has 1 amide bonds. The Morgan fingerprint density at radius 2 is 1.59 bits per heavy atom. The molecule has 176 valence electrons. The summed E-state index contributed by atoms with van der Waals surface area (Å²) >= 11 is 0. The monoisotopic (exact) mass is 444 g/mol. The van der Waals surface area contributed by atoms with E-state index in [-0.39, 0.29) is 11.8 Å². The molecule has 0 bridgehead atoms. The number of carbonyl (C=O) groups is 2. The van der Waals surface area contributed by atoms with E-state index in [0.29, 0.717) is 13.2 Å². The molecule has 3 rings (SSSR count). The lowest BCUT2D eigenvalue weighted by Crippen LogP contribution is -2.62. The second-order valence-electron chi connectivity index (χ2n) is 9.00. The van der Waals surface area contributed by atoms with E-state index in [1.165, 1.54) is 12.5 Å². The van der Waals surface area contributed by atoms with Crippen LogP contribution in [-0.2, 0) is 9.59 Å². The van der Waals surface area contributed by atoms with Gasteiger partial charge in [-0.2, -0.15) is 0 Å². The van der Waals surface area contributed by atoms with Crippen molar-refractivity contribution >= 4 is 18.0 Å². The van der Waals surface area contributed by atoms with E-state index >= 15 is 0 Å². The maximum atomic E-state index is 12.6. The van der Waals surface area contributed by atoms with Gasteiger partial charge in [0.05, 0.1) is 6.61 Å². The third-order valence-electron chi connectivity index (χ3n) is 7.03. The van der Waals surface area contributed by atoms with Crippen LogP contribution >= 0.6 is 0 Å². The summed E-state index contributed by atoms with van der Waals surface area (Å²) in [5.41, 5.74) is 1.57. The summed E-state index contributed by atoms with van der Waals surface area (Å²) in [4.78, 5) is 23.6. The normalized spacial score (nSPS) is 19.7. The molecule has 4 N–H and O–H groups in total. The number of amides is 1. The number of ether oxygens (including phenoxy) is 1. The molecule has 0 saturated heterocycles. The standard InChI is InChI=1S/C25H36N2O5/c28-23(27-31)16-13-19-11-14-22(15-12-19)32-18-6-17-26-25(24(29)30,21-9-4-5-10-21)20-7-2-1-3-8-20/h11-16,20-21,26,31H,1-10,17-18H2,(H,27,28)(H,29,30)/b16-13+/t25-/m1/s1. The van der Waals surface area contributed by atoms with Gasteiger partial charge in [-0.05, 0) is 74.3 Å². The minimum absolute atomic E-state index is 0.214. The Morgan fingerprint density at radius 3 is 2.16 bits per heavy atom. The average molecular weight is 445 g/mol. The topological polar surface area (TPSA) is 108 Å². The Bertz CT molecular complexity index is 767. The molecular formula is C25H36N2O5. The lowest BCUT2D eigenvalue weighted by Gasteiger charge is -2.44. The summed E-state index contributed by atoms with van der Waals surface area (Å²) in [6.45, 7) is 1.12. The maximum absolute atomic E-state index is 12.6. The molecule has 2 aliphatic rings. The fraction of sp³-hybridized carbons (Fsp3) is 0.600. The van der Waals surface area contributed by atoms with Gasteiger partial charge in [0.25, 0.3) is 5.91 Å². The zero-order valence-electron chi connectivity index (χ0n) is 18.7. The molecule has 0 aliphatic heterocycles. The van der Waals surface area contributed by atoms with Crippen LogP contribution in [-0.4, -0.2) is 40.9 Å². The number of carboxylic acid groups (broad SMARTS) is 1. The Morgan fingerprint density at radius 1 is 1.00 bits per heavy atom. The summed E-state index contributed by atoms with van der Waals surface area (Å²) in [7, 11) is 0. The van der Waals surface area contributed by atoms with Gasteiger partial charge in [0.1, 0.15) is 11.3 Å². The summed E-state index contributed by atoms with van der Waals surface area (Å²) < 4.78 is 5.82. The van der Waals surface area contributed by atoms with Crippen LogP contribution in [0.4, 0.5) is 0 Å². The predicted molar refractivity (Wildman–Crippen MR) is 122 cm³/mol. The quantitative estimate of drug-likeness (QED) is 0.177. The first-order chi connectivity index (χ1) is 15.6. The van der Waals surface area contributed by atoms with Crippen molar-refractivity contribution in [2.75, 3.05) is 13.2 Å². The van der Waals surface area contributed by atoms with E-state index in [2.05, 4.69) is 5.32 Å². The summed E-state index contributed by atoms with van der Waals surface area (Å²) in [6, 6.07) is 7.30. The van der Waals surface area contributed by atoms with E-state index in [9.17, 15) is 14.7 Å². The highest BCUT2D eigenvalue weighted by atomic mass is 16.5. The van der Waals surface area contributed by atoms with Gasteiger partial charge in [-0.3, -0.25) is 14.8 Å². The van der Waals surface area contributed by atoms with Crippen molar-refractivity contribution in [2.24, 2.45) is 11.8 Å². The van der Waals surface area contributed by atoms with Gasteiger partial charge in [-0.25, -0.2) is 5.48 Å². The van der Waals surface area contributed by atoms with Crippen molar-refractivity contribution in [3.8, 4) is 5.75 Å². The zero-order chi connectivity index (χ0) is 22.8. The molecule has 2 fully saturated rings. The molecule has 7 nitrogen and oxygen atoms in total. The first-order valence-corrected chi connectivity index (χ1v) is 11.9. The fourth-order valence-electron chi connectivity index (χ4n) is 5.43. The predicted octanol–water partition coefficient (Wildman–Crippen LogP) is 4.16. The van der Waals surface area contributed by atoms with Crippen molar-refractivity contribution in [3.05, 3.63) is 35.9 Å². The van der Waals surface area contributed by atoms with E-state index in [4.69, 9.17) is 9.94 Å². The Balaban J connectivity index is 1.52. The number of aliphatic carboxylic acids is 1. The van der Waals surface area contributed by atoms with Crippen LogP contribution in [0.1, 0.15) is 69.8 Å². The number of hydroxylamine groups is 1. The van der Waals surface area contributed by atoms with E-state index < -0.39 is 17.4 Å². The van der Waals surface area contributed by atoms with E-state index in [1.807, 2.05) is 24.3 Å². The number of carbonyl (C=O) groups excluding carboxylic acids is 1. The Hall–Kier alpha value is -2.38. The fourth-order valence-corrected chi connectivity index (χ4v) is 5.43. The van der Waals surface area contributed by atoms with Crippen molar-refractivity contribution in [3.63, 3.8) is 0 Å². The number of carboxylic acids is 1. The summed E-state index contributed by atoms with van der Waals surface area (Å²) in [5.74, 6) is -0.0954. The SMILES string of the molecule is O=C(/C=C/c1ccc(OCCCN[C@](C(=O)O)(C2CCCCC2)C2CCCC2)cc1)NO. The largest absolute Gasteiger partial charge is 0.494 e. The molecule has 0 heterocycles. The molecule has 0 spiro atoms. The second-order valence-corrected chi connectivity index (χ2v) is 9.00. The van der Waals surface area contributed by atoms with Crippen molar-refractivity contribution in [2.45, 2.75) is 69.7 Å². The van der Waals surface area contributed by atoms with Crippen LogP contribution in [0.3, 0.4) is 0 Å².